The van der Waals surface area contributed by atoms with Crippen molar-refractivity contribution in [1.29, 1.82) is 0 Å². The Labute approximate surface area is 213 Å². The molecule has 1 aromatic rings. The van der Waals surface area contributed by atoms with Crippen molar-refractivity contribution in [1.82, 2.24) is 20.4 Å². The van der Waals surface area contributed by atoms with E-state index in [0.29, 0.717) is 0 Å². The number of likely N-dealkylation sites (tertiary alicyclic amines) is 1. The van der Waals surface area contributed by atoms with E-state index in [0.717, 1.165) is 64.6 Å². The van der Waals surface area contributed by atoms with E-state index < -0.39 is 6.04 Å². The largest absolute Gasteiger partial charge is 0.343 e. The van der Waals surface area contributed by atoms with E-state index >= 15 is 0 Å². The van der Waals surface area contributed by atoms with E-state index in [4.69, 9.17) is 0 Å². The SMILES string of the molecule is CN[C@@H](C)C(=O)N[C@H](C(=O)N1CCC[C@H]1CN(CCc1ccccc1)C(C)(C)C)C1CCCCC1. The van der Waals surface area contributed by atoms with E-state index in [1.54, 1.807) is 7.05 Å². The van der Waals surface area contributed by atoms with Crippen LogP contribution in [0.1, 0.15) is 78.2 Å². The van der Waals surface area contributed by atoms with Crippen LogP contribution in [0, 0.1) is 5.92 Å². The lowest BCUT2D eigenvalue weighted by molar-refractivity contribution is -0.140. The summed E-state index contributed by atoms with van der Waals surface area (Å²) in [6.45, 7) is 11.3. The van der Waals surface area contributed by atoms with Crippen LogP contribution < -0.4 is 10.6 Å². The molecule has 2 fully saturated rings. The van der Waals surface area contributed by atoms with Crippen molar-refractivity contribution in [2.24, 2.45) is 5.92 Å². The molecular formula is C29H48N4O2. The maximum atomic E-state index is 14.0. The van der Waals surface area contributed by atoms with E-state index in [1.165, 1.54) is 12.0 Å². The summed E-state index contributed by atoms with van der Waals surface area (Å²) < 4.78 is 0. The minimum atomic E-state index is -0.411. The molecule has 2 amide bonds. The van der Waals surface area contributed by atoms with Gasteiger partial charge in [-0.3, -0.25) is 14.5 Å². The number of carbonyl (C=O) groups excluding carboxylic acids is 2. The zero-order valence-electron chi connectivity index (χ0n) is 22.7. The van der Waals surface area contributed by atoms with Gasteiger partial charge in [0.25, 0.3) is 0 Å². The number of likely N-dealkylation sites (N-methyl/N-ethyl adjacent to an activating group) is 1. The smallest absolute Gasteiger partial charge is 0.245 e. The normalized spacial score (nSPS) is 21.2. The van der Waals surface area contributed by atoms with Crippen LogP contribution in [0.3, 0.4) is 0 Å². The van der Waals surface area contributed by atoms with E-state index in [-0.39, 0.29) is 35.4 Å². The Bertz CT molecular complexity index is 801. The zero-order valence-corrected chi connectivity index (χ0v) is 22.7. The van der Waals surface area contributed by atoms with Gasteiger partial charge < -0.3 is 15.5 Å². The molecule has 0 spiro atoms. The number of nitrogens with one attached hydrogen (secondary N) is 2. The van der Waals surface area contributed by atoms with Crippen LogP contribution in [0.4, 0.5) is 0 Å². The number of hydrogen-bond donors (Lipinski definition) is 2. The van der Waals surface area contributed by atoms with Crippen molar-refractivity contribution >= 4 is 11.8 Å². The van der Waals surface area contributed by atoms with Gasteiger partial charge in [-0.2, -0.15) is 0 Å². The molecule has 1 saturated heterocycles. The minimum Gasteiger partial charge on any atom is -0.343 e. The lowest BCUT2D eigenvalue weighted by atomic mass is 9.83. The highest BCUT2D eigenvalue weighted by Crippen LogP contribution is 2.30. The fourth-order valence-electron chi connectivity index (χ4n) is 5.62. The highest BCUT2D eigenvalue weighted by Gasteiger charge is 2.39. The molecule has 6 nitrogen and oxygen atoms in total. The fraction of sp³-hybridized carbons (Fsp3) is 0.724. The van der Waals surface area contributed by atoms with Crippen LogP contribution in [0.2, 0.25) is 0 Å². The van der Waals surface area contributed by atoms with E-state index in [2.05, 4.69) is 71.5 Å². The molecule has 1 heterocycles. The molecule has 1 saturated carbocycles. The molecule has 0 unspecified atom stereocenters. The molecule has 6 heteroatoms. The summed E-state index contributed by atoms with van der Waals surface area (Å²) in [5, 5.41) is 6.18. The van der Waals surface area contributed by atoms with E-state index in [9.17, 15) is 9.59 Å². The molecular weight excluding hydrogens is 436 g/mol. The molecule has 2 N–H and O–H groups in total. The average molecular weight is 485 g/mol. The molecule has 0 radical (unpaired) electrons. The van der Waals surface area contributed by atoms with Gasteiger partial charge in [0.2, 0.25) is 11.8 Å². The fourth-order valence-corrected chi connectivity index (χ4v) is 5.62. The minimum absolute atomic E-state index is 0.0191. The summed E-state index contributed by atoms with van der Waals surface area (Å²) in [7, 11) is 1.79. The average Bonchev–Trinajstić information content (AvgIpc) is 3.32. The van der Waals surface area contributed by atoms with Gasteiger partial charge in [0.15, 0.2) is 0 Å². The van der Waals surface area contributed by atoms with Crippen LogP contribution in [-0.4, -0.2) is 72.0 Å². The summed E-state index contributed by atoms with van der Waals surface area (Å²) in [6, 6.07) is 10.1. The number of benzene rings is 1. The topological polar surface area (TPSA) is 64.7 Å². The Balaban J connectivity index is 1.72. The lowest BCUT2D eigenvalue weighted by Crippen LogP contribution is -2.58. The van der Waals surface area contributed by atoms with Crippen LogP contribution in [0.5, 0.6) is 0 Å². The van der Waals surface area contributed by atoms with Gasteiger partial charge in [0.1, 0.15) is 6.04 Å². The molecule has 0 bridgehead atoms. The van der Waals surface area contributed by atoms with Gasteiger partial charge in [-0.05, 0) is 78.3 Å². The molecule has 35 heavy (non-hydrogen) atoms. The first-order chi connectivity index (χ1) is 16.7. The summed E-state index contributed by atoms with van der Waals surface area (Å²) in [5.41, 5.74) is 1.37. The summed E-state index contributed by atoms with van der Waals surface area (Å²) in [6.07, 6.45) is 8.63. The molecule has 1 aliphatic heterocycles. The highest BCUT2D eigenvalue weighted by atomic mass is 16.2. The first-order valence-electron chi connectivity index (χ1n) is 13.8. The first kappa shape index (κ1) is 27.7. The standard InChI is InChI=1S/C29H48N4O2/c1-22(30-5)27(34)31-26(24-15-10-7-11-16-24)28(35)33-19-12-17-25(33)21-32(29(2,3)4)20-18-23-13-8-6-9-14-23/h6,8-9,13-14,22,24-26,30H,7,10-12,15-21H2,1-5H3,(H,31,34)/t22-,25-,26-/m0/s1. The highest BCUT2D eigenvalue weighted by molar-refractivity contribution is 5.90. The molecule has 1 aliphatic carbocycles. The number of rotatable bonds is 10. The Morgan fingerprint density at radius 2 is 1.74 bits per heavy atom. The van der Waals surface area contributed by atoms with Crippen LogP contribution in [0.25, 0.3) is 0 Å². The predicted molar refractivity (Wildman–Crippen MR) is 143 cm³/mol. The summed E-state index contributed by atoms with van der Waals surface area (Å²) >= 11 is 0. The Hall–Kier alpha value is -1.92. The van der Waals surface area contributed by atoms with Crippen LogP contribution in [-0.2, 0) is 16.0 Å². The monoisotopic (exact) mass is 484 g/mol. The number of amides is 2. The van der Waals surface area contributed by atoms with Gasteiger partial charge in [0, 0.05) is 31.2 Å². The predicted octanol–water partition coefficient (Wildman–Crippen LogP) is 3.99. The van der Waals surface area contributed by atoms with Crippen molar-refractivity contribution in [3.8, 4) is 0 Å². The summed E-state index contributed by atoms with van der Waals surface area (Å²) in [4.78, 5) is 31.4. The first-order valence-corrected chi connectivity index (χ1v) is 13.8. The quantitative estimate of drug-likeness (QED) is 0.527. The second-order valence-electron chi connectivity index (χ2n) is 11.6. The van der Waals surface area contributed by atoms with Crippen molar-refractivity contribution in [2.45, 2.75) is 103 Å². The van der Waals surface area contributed by atoms with Gasteiger partial charge in [-0.15, -0.1) is 0 Å². The van der Waals surface area contributed by atoms with Gasteiger partial charge in [-0.1, -0.05) is 49.6 Å². The maximum absolute atomic E-state index is 14.0. The Kier molecular flexibility index (Phi) is 10.2. The number of hydrogen-bond acceptors (Lipinski definition) is 4. The molecule has 3 atom stereocenters. The van der Waals surface area contributed by atoms with Crippen molar-refractivity contribution in [3.63, 3.8) is 0 Å². The zero-order chi connectivity index (χ0) is 25.4. The van der Waals surface area contributed by atoms with Crippen molar-refractivity contribution < 1.29 is 9.59 Å². The molecule has 3 rings (SSSR count). The Morgan fingerprint density at radius 3 is 2.37 bits per heavy atom. The molecule has 196 valence electrons. The van der Waals surface area contributed by atoms with Crippen molar-refractivity contribution in [2.75, 3.05) is 26.7 Å². The van der Waals surface area contributed by atoms with Crippen LogP contribution >= 0.6 is 0 Å². The maximum Gasteiger partial charge on any atom is 0.245 e. The molecule has 0 aromatic heterocycles. The van der Waals surface area contributed by atoms with Gasteiger partial charge in [0.05, 0.1) is 6.04 Å². The third-order valence-electron chi connectivity index (χ3n) is 8.06. The lowest BCUT2D eigenvalue weighted by Gasteiger charge is -2.41. The van der Waals surface area contributed by atoms with Gasteiger partial charge in [-0.25, -0.2) is 0 Å². The third-order valence-corrected chi connectivity index (χ3v) is 8.06. The second kappa shape index (κ2) is 12.9. The molecule has 1 aromatic carbocycles. The molecule has 2 aliphatic rings. The number of nitrogens with zero attached hydrogens (tertiary/aromatic N) is 2. The Morgan fingerprint density at radius 1 is 1.06 bits per heavy atom. The second-order valence-corrected chi connectivity index (χ2v) is 11.6. The van der Waals surface area contributed by atoms with E-state index in [1.807, 2.05) is 6.92 Å². The number of carbonyl (C=O) groups is 2. The third kappa shape index (κ3) is 7.78. The van der Waals surface area contributed by atoms with Crippen LogP contribution in [0.15, 0.2) is 30.3 Å². The summed E-state index contributed by atoms with van der Waals surface area (Å²) in [5.74, 6) is 0.293. The van der Waals surface area contributed by atoms with Crippen molar-refractivity contribution in [3.05, 3.63) is 35.9 Å². The van der Waals surface area contributed by atoms with Gasteiger partial charge >= 0.3 is 0 Å².